The lowest BCUT2D eigenvalue weighted by molar-refractivity contribution is 0.234. The van der Waals surface area contributed by atoms with Crippen molar-refractivity contribution in [3.63, 3.8) is 0 Å². The van der Waals surface area contributed by atoms with E-state index in [2.05, 4.69) is 29.3 Å². The summed E-state index contributed by atoms with van der Waals surface area (Å²) >= 11 is 0. The quantitative estimate of drug-likeness (QED) is 0.851. The van der Waals surface area contributed by atoms with Gasteiger partial charge in [-0.3, -0.25) is 4.68 Å². The Morgan fingerprint density at radius 3 is 2.76 bits per heavy atom. The van der Waals surface area contributed by atoms with E-state index in [0.717, 1.165) is 12.5 Å². The van der Waals surface area contributed by atoms with Gasteiger partial charge in [0.15, 0.2) is 0 Å². The predicted octanol–water partition coefficient (Wildman–Crippen LogP) is 1.16. The minimum Gasteiger partial charge on any atom is -0.317 e. The van der Waals surface area contributed by atoms with Crippen LogP contribution in [-0.4, -0.2) is 41.4 Å². The molecule has 1 aliphatic heterocycles. The minimum absolute atomic E-state index is 0.859. The van der Waals surface area contributed by atoms with Crippen LogP contribution in [0.15, 0.2) is 6.20 Å². The van der Waals surface area contributed by atoms with Crippen molar-refractivity contribution in [1.82, 2.24) is 20.0 Å². The van der Waals surface area contributed by atoms with E-state index in [-0.39, 0.29) is 0 Å². The number of aryl methyl sites for hydroxylation is 1. The Balaban J connectivity index is 1.84. The van der Waals surface area contributed by atoms with Gasteiger partial charge in [-0.1, -0.05) is 0 Å². The lowest BCUT2D eigenvalue weighted by Gasteiger charge is -2.27. The van der Waals surface area contributed by atoms with Gasteiger partial charge in [-0.2, -0.15) is 5.10 Å². The first-order valence-corrected chi connectivity index (χ1v) is 6.53. The van der Waals surface area contributed by atoms with E-state index in [4.69, 9.17) is 0 Å². The molecule has 0 bridgehead atoms. The Morgan fingerprint density at radius 2 is 2.18 bits per heavy atom. The van der Waals surface area contributed by atoms with E-state index in [1.54, 1.807) is 0 Å². The van der Waals surface area contributed by atoms with Gasteiger partial charge in [0.25, 0.3) is 0 Å². The van der Waals surface area contributed by atoms with Crippen LogP contribution in [0.2, 0.25) is 0 Å². The second kappa shape index (κ2) is 5.65. The summed E-state index contributed by atoms with van der Waals surface area (Å²) in [6.07, 6.45) is 4.63. The average molecular weight is 236 g/mol. The number of hydrogen-bond donors (Lipinski definition) is 1. The van der Waals surface area contributed by atoms with E-state index in [1.807, 2.05) is 17.9 Å². The second-order valence-corrected chi connectivity index (χ2v) is 5.27. The summed E-state index contributed by atoms with van der Waals surface area (Å²) in [6, 6.07) is 0. The van der Waals surface area contributed by atoms with Crippen molar-refractivity contribution in [3.8, 4) is 0 Å². The van der Waals surface area contributed by atoms with E-state index in [9.17, 15) is 0 Å². The van der Waals surface area contributed by atoms with E-state index in [0.29, 0.717) is 0 Å². The number of nitrogens with one attached hydrogen (secondary N) is 1. The SMILES string of the molecule is Cc1c(CN(C)CC2CCNCC2)cnn1C. The number of piperidine rings is 1. The number of hydrogen-bond acceptors (Lipinski definition) is 3. The molecule has 0 atom stereocenters. The van der Waals surface area contributed by atoms with Crippen LogP contribution in [-0.2, 0) is 13.6 Å². The zero-order valence-corrected chi connectivity index (χ0v) is 11.2. The van der Waals surface area contributed by atoms with Gasteiger partial charge in [0.2, 0.25) is 0 Å². The number of rotatable bonds is 4. The van der Waals surface area contributed by atoms with Crippen LogP contribution < -0.4 is 5.32 Å². The monoisotopic (exact) mass is 236 g/mol. The fourth-order valence-electron chi connectivity index (χ4n) is 2.56. The van der Waals surface area contributed by atoms with Crippen molar-refractivity contribution < 1.29 is 0 Å². The highest BCUT2D eigenvalue weighted by molar-refractivity contribution is 5.15. The largest absolute Gasteiger partial charge is 0.317 e. The van der Waals surface area contributed by atoms with Crippen LogP contribution >= 0.6 is 0 Å². The maximum absolute atomic E-state index is 4.30. The van der Waals surface area contributed by atoms with Gasteiger partial charge in [0, 0.05) is 31.4 Å². The molecule has 4 heteroatoms. The van der Waals surface area contributed by atoms with Crippen molar-refractivity contribution in [3.05, 3.63) is 17.5 Å². The maximum Gasteiger partial charge on any atom is 0.0537 e. The Labute approximate surface area is 104 Å². The van der Waals surface area contributed by atoms with Crippen LogP contribution in [0.4, 0.5) is 0 Å². The molecule has 2 rings (SSSR count). The van der Waals surface area contributed by atoms with Crippen LogP contribution in [0.3, 0.4) is 0 Å². The van der Waals surface area contributed by atoms with E-state index >= 15 is 0 Å². The third kappa shape index (κ3) is 3.30. The summed E-state index contributed by atoms with van der Waals surface area (Å²) in [6.45, 7) is 6.73. The minimum atomic E-state index is 0.859. The van der Waals surface area contributed by atoms with Gasteiger partial charge in [-0.25, -0.2) is 0 Å². The molecule has 1 N–H and O–H groups in total. The zero-order chi connectivity index (χ0) is 12.3. The normalized spacial score (nSPS) is 17.9. The zero-order valence-electron chi connectivity index (χ0n) is 11.2. The van der Waals surface area contributed by atoms with Crippen LogP contribution in [0.25, 0.3) is 0 Å². The molecule has 0 saturated carbocycles. The van der Waals surface area contributed by atoms with Crippen molar-refractivity contribution in [1.29, 1.82) is 0 Å². The lowest BCUT2D eigenvalue weighted by atomic mass is 9.97. The summed E-state index contributed by atoms with van der Waals surface area (Å²) in [4.78, 5) is 2.43. The van der Waals surface area contributed by atoms with Crippen molar-refractivity contribution >= 4 is 0 Å². The number of nitrogens with zero attached hydrogens (tertiary/aromatic N) is 3. The first-order valence-electron chi connectivity index (χ1n) is 6.53. The average Bonchev–Trinajstić information content (AvgIpc) is 2.62. The van der Waals surface area contributed by atoms with Crippen molar-refractivity contribution in [2.75, 3.05) is 26.7 Å². The van der Waals surface area contributed by atoms with Gasteiger partial charge in [0.1, 0.15) is 0 Å². The molecular weight excluding hydrogens is 212 g/mol. The van der Waals surface area contributed by atoms with Crippen molar-refractivity contribution in [2.45, 2.75) is 26.3 Å². The van der Waals surface area contributed by atoms with Crippen LogP contribution in [0, 0.1) is 12.8 Å². The third-order valence-electron chi connectivity index (χ3n) is 3.81. The third-order valence-corrected chi connectivity index (χ3v) is 3.81. The Kier molecular flexibility index (Phi) is 4.18. The highest BCUT2D eigenvalue weighted by Crippen LogP contribution is 2.15. The molecule has 0 radical (unpaired) electrons. The van der Waals surface area contributed by atoms with Crippen LogP contribution in [0.5, 0.6) is 0 Å². The Bertz CT molecular complexity index is 352. The summed E-state index contributed by atoms with van der Waals surface area (Å²) in [7, 11) is 4.22. The van der Waals surface area contributed by atoms with Gasteiger partial charge < -0.3 is 10.2 Å². The fraction of sp³-hybridized carbons (Fsp3) is 0.769. The molecule has 17 heavy (non-hydrogen) atoms. The molecule has 0 unspecified atom stereocenters. The predicted molar refractivity (Wildman–Crippen MR) is 69.9 cm³/mol. The molecule has 0 aliphatic carbocycles. The second-order valence-electron chi connectivity index (χ2n) is 5.27. The van der Waals surface area contributed by atoms with E-state index < -0.39 is 0 Å². The molecule has 1 saturated heterocycles. The fourth-order valence-corrected chi connectivity index (χ4v) is 2.56. The molecular formula is C13H24N4. The molecule has 0 spiro atoms. The summed E-state index contributed by atoms with van der Waals surface area (Å²) in [5, 5.41) is 7.71. The lowest BCUT2D eigenvalue weighted by Crippen LogP contribution is -2.34. The Morgan fingerprint density at radius 1 is 1.47 bits per heavy atom. The van der Waals surface area contributed by atoms with E-state index in [1.165, 1.54) is 43.7 Å². The van der Waals surface area contributed by atoms with Gasteiger partial charge in [-0.05, 0) is 45.8 Å². The molecule has 1 fully saturated rings. The highest BCUT2D eigenvalue weighted by atomic mass is 15.3. The summed E-state index contributed by atoms with van der Waals surface area (Å²) in [5.41, 5.74) is 2.63. The molecule has 4 nitrogen and oxygen atoms in total. The summed E-state index contributed by atoms with van der Waals surface area (Å²) in [5.74, 6) is 0.859. The summed E-state index contributed by atoms with van der Waals surface area (Å²) < 4.78 is 1.95. The molecule has 96 valence electrons. The first kappa shape index (κ1) is 12.6. The topological polar surface area (TPSA) is 33.1 Å². The first-order chi connectivity index (χ1) is 8.16. The number of aromatic nitrogens is 2. The molecule has 0 aromatic carbocycles. The molecule has 0 amide bonds. The molecule has 1 aromatic rings. The van der Waals surface area contributed by atoms with Crippen LogP contribution in [0.1, 0.15) is 24.1 Å². The smallest absolute Gasteiger partial charge is 0.0537 e. The molecule has 2 heterocycles. The van der Waals surface area contributed by atoms with Gasteiger partial charge in [0.05, 0.1) is 6.20 Å². The van der Waals surface area contributed by atoms with Gasteiger partial charge >= 0.3 is 0 Å². The Hall–Kier alpha value is -0.870. The molecule has 1 aliphatic rings. The highest BCUT2D eigenvalue weighted by Gasteiger charge is 2.16. The maximum atomic E-state index is 4.30. The van der Waals surface area contributed by atoms with Crippen molar-refractivity contribution in [2.24, 2.45) is 13.0 Å². The van der Waals surface area contributed by atoms with Gasteiger partial charge in [-0.15, -0.1) is 0 Å². The molecule has 1 aromatic heterocycles. The standard InChI is InChI=1S/C13H24N4/c1-11-13(8-15-17(11)3)10-16(2)9-12-4-6-14-7-5-12/h8,12,14H,4-7,9-10H2,1-3H3.